The van der Waals surface area contributed by atoms with E-state index in [2.05, 4.69) is 71.1 Å². The number of aliphatic imine (C=N–C) groups is 1. The molecule has 2 aromatic rings. The topological polar surface area (TPSA) is 54.9 Å². The Morgan fingerprint density at radius 1 is 1.21 bits per heavy atom. The van der Waals surface area contributed by atoms with E-state index in [0.717, 1.165) is 43.3 Å². The van der Waals surface area contributed by atoms with Gasteiger partial charge in [0.1, 0.15) is 5.75 Å². The van der Waals surface area contributed by atoms with Crippen LogP contribution in [0.1, 0.15) is 35.4 Å². The third-order valence-electron chi connectivity index (χ3n) is 5.73. The quantitative estimate of drug-likeness (QED) is 0.557. The van der Waals surface area contributed by atoms with Gasteiger partial charge in [0, 0.05) is 43.6 Å². The van der Waals surface area contributed by atoms with Crippen molar-refractivity contribution in [2.75, 3.05) is 26.9 Å². The molecule has 1 heterocycles. The number of benzene rings is 2. The number of nitrogens with one attached hydrogen (secondary N) is 2. The van der Waals surface area contributed by atoms with Crippen LogP contribution < -0.4 is 15.4 Å². The maximum Gasteiger partial charge on any atom is 0.191 e. The summed E-state index contributed by atoms with van der Waals surface area (Å²) in [5, 5.41) is 7.00. The van der Waals surface area contributed by atoms with Crippen molar-refractivity contribution in [3.8, 4) is 5.75 Å². The molecule has 2 fully saturated rings. The maximum atomic E-state index is 6.16. The molecular formula is C24H31N3O2. The summed E-state index contributed by atoms with van der Waals surface area (Å²) in [4.78, 5) is 4.40. The van der Waals surface area contributed by atoms with Crippen molar-refractivity contribution in [1.29, 1.82) is 0 Å². The van der Waals surface area contributed by atoms with E-state index in [9.17, 15) is 0 Å². The molecule has 1 saturated carbocycles. The first kappa shape index (κ1) is 19.8. The van der Waals surface area contributed by atoms with E-state index in [-0.39, 0.29) is 0 Å². The summed E-state index contributed by atoms with van der Waals surface area (Å²) in [6.07, 6.45) is 2.23. The van der Waals surface area contributed by atoms with Crippen molar-refractivity contribution in [3.05, 3.63) is 65.2 Å². The van der Waals surface area contributed by atoms with Gasteiger partial charge >= 0.3 is 0 Å². The first-order valence-electron chi connectivity index (χ1n) is 10.5. The molecule has 2 aromatic carbocycles. The molecule has 3 atom stereocenters. The summed E-state index contributed by atoms with van der Waals surface area (Å²) >= 11 is 0. The third kappa shape index (κ3) is 5.30. The van der Waals surface area contributed by atoms with E-state index < -0.39 is 0 Å². The minimum Gasteiger partial charge on any atom is -0.493 e. The fourth-order valence-electron chi connectivity index (χ4n) is 3.84. The molecule has 0 amide bonds. The van der Waals surface area contributed by atoms with E-state index >= 15 is 0 Å². The zero-order valence-electron chi connectivity index (χ0n) is 17.4. The highest BCUT2D eigenvalue weighted by atomic mass is 16.5. The van der Waals surface area contributed by atoms with Crippen molar-refractivity contribution < 1.29 is 9.47 Å². The highest BCUT2D eigenvalue weighted by Crippen LogP contribution is 2.40. The van der Waals surface area contributed by atoms with Crippen LogP contribution in [0.15, 0.2) is 53.5 Å². The van der Waals surface area contributed by atoms with Crippen LogP contribution >= 0.6 is 0 Å². The molecule has 4 rings (SSSR count). The van der Waals surface area contributed by atoms with Crippen LogP contribution in [-0.2, 0) is 11.3 Å². The second kappa shape index (κ2) is 9.31. The van der Waals surface area contributed by atoms with Gasteiger partial charge in [0.05, 0.1) is 13.2 Å². The van der Waals surface area contributed by atoms with Gasteiger partial charge in [-0.2, -0.15) is 0 Å². The first-order valence-corrected chi connectivity index (χ1v) is 10.5. The number of rotatable bonds is 7. The van der Waals surface area contributed by atoms with Gasteiger partial charge in [0.25, 0.3) is 0 Å². The van der Waals surface area contributed by atoms with Crippen molar-refractivity contribution in [3.63, 3.8) is 0 Å². The van der Waals surface area contributed by atoms with Crippen LogP contribution in [0.3, 0.4) is 0 Å². The van der Waals surface area contributed by atoms with Crippen molar-refractivity contribution in [1.82, 2.24) is 10.6 Å². The number of nitrogens with zero attached hydrogens (tertiary/aromatic N) is 1. The summed E-state index contributed by atoms with van der Waals surface area (Å²) in [7, 11) is 1.82. The van der Waals surface area contributed by atoms with E-state index in [4.69, 9.17) is 9.47 Å². The zero-order chi connectivity index (χ0) is 20.1. The average molecular weight is 394 g/mol. The molecule has 2 N–H and O–H groups in total. The van der Waals surface area contributed by atoms with E-state index in [1.165, 1.54) is 11.1 Å². The maximum absolute atomic E-state index is 6.16. The molecule has 1 aliphatic heterocycles. The number of hydrogen-bond acceptors (Lipinski definition) is 3. The van der Waals surface area contributed by atoms with Gasteiger partial charge in [-0.1, -0.05) is 42.5 Å². The summed E-state index contributed by atoms with van der Waals surface area (Å²) in [5.74, 6) is 2.86. The summed E-state index contributed by atoms with van der Waals surface area (Å²) < 4.78 is 11.6. The highest BCUT2D eigenvalue weighted by Gasteiger charge is 2.38. The van der Waals surface area contributed by atoms with Gasteiger partial charge < -0.3 is 20.1 Å². The molecule has 5 nitrogen and oxygen atoms in total. The van der Waals surface area contributed by atoms with Crippen molar-refractivity contribution >= 4 is 5.96 Å². The standard InChI is InChI=1S/C24H31N3O2/c1-17-8-9-20(23(12-17)29-16-18-10-11-28-15-18)14-26-24(25-2)27-22-13-21(22)19-6-4-3-5-7-19/h3-9,12,18,21-22H,10-11,13-16H2,1-2H3,(H2,25,26,27). The molecule has 0 aromatic heterocycles. The first-order chi connectivity index (χ1) is 14.2. The monoisotopic (exact) mass is 393 g/mol. The van der Waals surface area contributed by atoms with Crippen molar-refractivity contribution in [2.24, 2.45) is 10.9 Å². The smallest absolute Gasteiger partial charge is 0.191 e. The Labute approximate surface area is 173 Å². The molecule has 0 spiro atoms. The molecule has 3 unspecified atom stereocenters. The second-order valence-corrected chi connectivity index (χ2v) is 8.08. The van der Waals surface area contributed by atoms with Crippen molar-refractivity contribution in [2.45, 2.75) is 38.3 Å². The lowest BCUT2D eigenvalue weighted by atomic mass is 10.1. The lowest BCUT2D eigenvalue weighted by Crippen LogP contribution is -2.38. The minimum absolute atomic E-state index is 0.444. The second-order valence-electron chi connectivity index (χ2n) is 8.08. The number of guanidine groups is 1. The predicted octanol–water partition coefficient (Wildman–Crippen LogP) is 3.63. The SMILES string of the molecule is CN=C(NCc1ccc(C)cc1OCC1CCOC1)NC1CC1c1ccccc1. The predicted molar refractivity (Wildman–Crippen MR) is 117 cm³/mol. The van der Waals surface area contributed by atoms with Gasteiger partial charge in [-0.3, -0.25) is 4.99 Å². The molecule has 0 bridgehead atoms. The Balaban J connectivity index is 1.31. The molecule has 1 aliphatic carbocycles. The molecule has 154 valence electrons. The van der Waals surface area contributed by atoms with Gasteiger partial charge in [-0.05, 0) is 37.0 Å². The molecule has 0 radical (unpaired) electrons. The summed E-state index contributed by atoms with van der Waals surface area (Å²) in [5.41, 5.74) is 3.75. The largest absolute Gasteiger partial charge is 0.493 e. The number of aryl methyl sites for hydroxylation is 1. The normalized spacial score (nSPS) is 23.7. The van der Waals surface area contributed by atoms with Crippen LogP contribution in [-0.4, -0.2) is 38.9 Å². The minimum atomic E-state index is 0.444. The van der Waals surface area contributed by atoms with E-state index in [0.29, 0.717) is 31.0 Å². The Morgan fingerprint density at radius 2 is 2.07 bits per heavy atom. The molecule has 5 heteroatoms. The Kier molecular flexibility index (Phi) is 6.35. The Bertz CT molecular complexity index is 831. The van der Waals surface area contributed by atoms with E-state index in [1.807, 2.05) is 7.05 Å². The van der Waals surface area contributed by atoms with Crippen LogP contribution in [0.2, 0.25) is 0 Å². The van der Waals surface area contributed by atoms with Gasteiger partial charge in [0.2, 0.25) is 0 Å². The summed E-state index contributed by atoms with van der Waals surface area (Å²) in [6.45, 7) is 5.15. The lowest BCUT2D eigenvalue weighted by Gasteiger charge is -2.17. The average Bonchev–Trinajstić information content (AvgIpc) is 3.32. The fourth-order valence-corrected chi connectivity index (χ4v) is 3.84. The third-order valence-corrected chi connectivity index (χ3v) is 5.73. The highest BCUT2D eigenvalue weighted by molar-refractivity contribution is 5.80. The number of hydrogen-bond donors (Lipinski definition) is 2. The molecule has 1 saturated heterocycles. The van der Waals surface area contributed by atoms with Crippen LogP contribution in [0.25, 0.3) is 0 Å². The zero-order valence-corrected chi connectivity index (χ0v) is 17.4. The number of ether oxygens (including phenoxy) is 2. The summed E-state index contributed by atoms with van der Waals surface area (Å²) in [6, 6.07) is 17.5. The van der Waals surface area contributed by atoms with Crippen LogP contribution in [0.5, 0.6) is 5.75 Å². The lowest BCUT2D eigenvalue weighted by molar-refractivity contribution is 0.166. The fraction of sp³-hybridized carbons (Fsp3) is 0.458. The van der Waals surface area contributed by atoms with Crippen LogP contribution in [0.4, 0.5) is 0 Å². The molecular weight excluding hydrogens is 362 g/mol. The molecule has 29 heavy (non-hydrogen) atoms. The van der Waals surface area contributed by atoms with Gasteiger partial charge in [0.15, 0.2) is 5.96 Å². The van der Waals surface area contributed by atoms with E-state index in [1.54, 1.807) is 0 Å². The van der Waals surface area contributed by atoms with Crippen LogP contribution in [0, 0.1) is 12.8 Å². The van der Waals surface area contributed by atoms with Gasteiger partial charge in [-0.25, -0.2) is 0 Å². The molecule has 2 aliphatic rings. The van der Waals surface area contributed by atoms with Gasteiger partial charge in [-0.15, -0.1) is 0 Å². The Morgan fingerprint density at radius 3 is 2.83 bits per heavy atom. The Hall–Kier alpha value is -2.53.